The summed E-state index contributed by atoms with van der Waals surface area (Å²) in [6.45, 7) is 0.617. The highest BCUT2D eigenvalue weighted by atomic mass is 35.5. The molecule has 0 aliphatic carbocycles. The van der Waals surface area contributed by atoms with E-state index >= 15 is 0 Å². The number of ether oxygens (including phenoxy) is 1. The molecule has 0 saturated carbocycles. The summed E-state index contributed by atoms with van der Waals surface area (Å²) < 4.78 is 5.50. The molecule has 4 nitrogen and oxygen atoms in total. The van der Waals surface area contributed by atoms with Gasteiger partial charge in [-0.2, -0.15) is 12.6 Å². The standard InChI is InChI=1S/C13H19NO3S.ClH/c14-11(9-18)3-1-2-8-17-12-6-4-10(5-7-12)13(15)16;/h4-7,11,18H,1-3,8-9,14H2,(H,15,16);1H/t11-;/m0./s1. The fraction of sp³-hybridized carbons (Fsp3) is 0.462. The number of hydrogen-bond donors (Lipinski definition) is 3. The minimum absolute atomic E-state index is 0. The summed E-state index contributed by atoms with van der Waals surface area (Å²) in [6.07, 6.45) is 2.89. The Labute approximate surface area is 125 Å². The molecule has 0 fully saturated rings. The number of nitrogens with two attached hydrogens (primary N) is 1. The molecule has 0 saturated heterocycles. The Hall–Kier alpha value is -0.910. The van der Waals surface area contributed by atoms with Crippen LogP contribution in [0.2, 0.25) is 0 Å². The molecule has 0 bridgehead atoms. The second-order valence-corrected chi connectivity index (χ2v) is 4.48. The van der Waals surface area contributed by atoms with Crippen molar-refractivity contribution in [3.05, 3.63) is 29.8 Å². The highest BCUT2D eigenvalue weighted by Crippen LogP contribution is 2.13. The molecule has 0 amide bonds. The smallest absolute Gasteiger partial charge is 0.335 e. The zero-order chi connectivity index (χ0) is 13.4. The minimum Gasteiger partial charge on any atom is -0.494 e. The lowest BCUT2D eigenvalue weighted by atomic mass is 10.1. The van der Waals surface area contributed by atoms with E-state index in [0.717, 1.165) is 19.3 Å². The van der Waals surface area contributed by atoms with Crippen molar-refractivity contribution in [2.75, 3.05) is 12.4 Å². The van der Waals surface area contributed by atoms with Crippen LogP contribution in [0.5, 0.6) is 5.75 Å². The number of carbonyl (C=O) groups is 1. The number of thiol groups is 1. The molecule has 1 rings (SSSR count). The lowest BCUT2D eigenvalue weighted by Gasteiger charge is -2.09. The molecule has 6 heteroatoms. The van der Waals surface area contributed by atoms with Crippen molar-refractivity contribution >= 4 is 31.0 Å². The topological polar surface area (TPSA) is 72.5 Å². The van der Waals surface area contributed by atoms with Gasteiger partial charge in [-0.15, -0.1) is 12.4 Å². The Morgan fingerprint density at radius 3 is 2.47 bits per heavy atom. The maximum atomic E-state index is 10.6. The van der Waals surface area contributed by atoms with E-state index < -0.39 is 5.97 Å². The average molecular weight is 306 g/mol. The van der Waals surface area contributed by atoms with Gasteiger partial charge in [-0.1, -0.05) is 0 Å². The molecule has 0 aliphatic heterocycles. The van der Waals surface area contributed by atoms with Gasteiger partial charge >= 0.3 is 5.97 Å². The van der Waals surface area contributed by atoms with Crippen LogP contribution in [0.1, 0.15) is 29.6 Å². The molecule has 3 N–H and O–H groups in total. The van der Waals surface area contributed by atoms with Crippen molar-refractivity contribution < 1.29 is 14.6 Å². The Morgan fingerprint density at radius 2 is 1.95 bits per heavy atom. The van der Waals surface area contributed by atoms with Gasteiger partial charge in [0, 0.05) is 11.8 Å². The predicted octanol–water partition coefficient (Wildman–Crippen LogP) is 2.61. The highest BCUT2D eigenvalue weighted by molar-refractivity contribution is 7.80. The number of carboxylic acids is 1. The van der Waals surface area contributed by atoms with Crippen LogP contribution in [-0.2, 0) is 0 Å². The van der Waals surface area contributed by atoms with Gasteiger partial charge in [0.25, 0.3) is 0 Å². The first-order valence-electron chi connectivity index (χ1n) is 5.96. The first-order valence-corrected chi connectivity index (χ1v) is 6.59. The maximum absolute atomic E-state index is 10.6. The maximum Gasteiger partial charge on any atom is 0.335 e. The summed E-state index contributed by atoms with van der Waals surface area (Å²) in [7, 11) is 0. The molecule has 1 aromatic carbocycles. The minimum atomic E-state index is -0.928. The van der Waals surface area contributed by atoms with Gasteiger partial charge in [-0.3, -0.25) is 0 Å². The van der Waals surface area contributed by atoms with Crippen molar-refractivity contribution in [1.82, 2.24) is 0 Å². The third kappa shape index (κ3) is 7.30. The highest BCUT2D eigenvalue weighted by Gasteiger charge is 2.02. The van der Waals surface area contributed by atoms with E-state index in [1.165, 1.54) is 12.1 Å². The van der Waals surface area contributed by atoms with Gasteiger partial charge in [0.2, 0.25) is 0 Å². The predicted molar refractivity (Wildman–Crippen MR) is 81.8 cm³/mol. The van der Waals surface area contributed by atoms with E-state index in [2.05, 4.69) is 12.6 Å². The molecular formula is C13H20ClNO3S. The SMILES string of the molecule is Cl.N[C@H](CS)CCCCOc1ccc(C(=O)O)cc1. The molecule has 0 spiro atoms. The number of rotatable bonds is 8. The van der Waals surface area contributed by atoms with Gasteiger partial charge in [-0.25, -0.2) is 4.79 Å². The molecule has 0 aromatic heterocycles. The molecule has 0 aliphatic rings. The van der Waals surface area contributed by atoms with Crippen molar-refractivity contribution in [1.29, 1.82) is 0 Å². The van der Waals surface area contributed by atoms with Crippen molar-refractivity contribution in [3.63, 3.8) is 0 Å². The van der Waals surface area contributed by atoms with E-state index in [1.807, 2.05) is 0 Å². The third-order valence-electron chi connectivity index (χ3n) is 2.57. The average Bonchev–Trinajstić information content (AvgIpc) is 2.38. The fourth-order valence-corrected chi connectivity index (χ4v) is 1.67. The summed E-state index contributed by atoms with van der Waals surface area (Å²) in [4.78, 5) is 10.6. The van der Waals surface area contributed by atoms with Crippen LogP contribution in [0.4, 0.5) is 0 Å². The lowest BCUT2D eigenvalue weighted by molar-refractivity contribution is 0.0697. The van der Waals surface area contributed by atoms with Crippen molar-refractivity contribution in [3.8, 4) is 5.75 Å². The fourth-order valence-electron chi connectivity index (χ4n) is 1.48. The summed E-state index contributed by atoms with van der Waals surface area (Å²) >= 11 is 4.12. The van der Waals surface area contributed by atoms with Crippen LogP contribution in [0.25, 0.3) is 0 Å². The summed E-state index contributed by atoms with van der Waals surface area (Å²) in [5.41, 5.74) is 6.00. The number of halogens is 1. The monoisotopic (exact) mass is 305 g/mol. The van der Waals surface area contributed by atoms with Gasteiger partial charge in [-0.05, 0) is 43.5 Å². The molecule has 108 valence electrons. The molecule has 0 unspecified atom stereocenters. The quantitative estimate of drug-likeness (QED) is 0.510. The number of carboxylic acid groups (broad SMARTS) is 1. The third-order valence-corrected chi connectivity index (χ3v) is 3.04. The van der Waals surface area contributed by atoms with E-state index in [0.29, 0.717) is 18.1 Å². The van der Waals surface area contributed by atoms with Crippen LogP contribution < -0.4 is 10.5 Å². The molecule has 19 heavy (non-hydrogen) atoms. The van der Waals surface area contributed by atoms with Gasteiger partial charge in [0.05, 0.1) is 12.2 Å². The van der Waals surface area contributed by atoms with Crippen LogP contribution in [0, 0.1) is 0 Å². The van der Waals surface area contributed by atoms with Crippen molar-refractivity contribution in [2.45, 2.75) is 25.3 Å². The van der Waals surface area contributed by atoms with E-state index in [9.17, 15) is 4.79 Å². The van der Waals surface area contributed by atoms with E-state index in [4.69, 9.17) is 15.6 Å². The lowest BCUT2D eigenvalue weighted by Crippen LogP contribution is -2.21. The van der Waals surface area contributed by atoms with Gasteiger partial charge in [0.15, 0.2) is 0 Å². The molecular weight excluding hydrogens is 286 g/mol. The summed E-state index contributed by atoms with van der Waals surface area (Å²) in [5, 5.41) is 8.74. The second kappa shape index (κ2) is 9.95. The number of unbranched alkanes of at least 4 members (excludes halogenated alkanes) is 1. The first kappa shape index (κ1) is 18.1. The van der Waals surface area contributed by atoms with Crippen LogP contribution >= 0.6 is 25.0 Å². The van der Waals surface area contributed by atoms with Gasteiger partial charge < -0.3 is 15.6 Å². The molecule has 0 radical (unpaired) electrons. The zero-order valence-corrected chi connectivity index (χ0v) is 12.3. The molecule has 0 heterocycles. The Balaban J connectivity index is 0.00000324. The first-order chi connectivity index (χ1) is 8.63. The molecule has 1 aromatic rings. The van der Waals surface area contributed by atoms with E-state index in [-0.39, 0.29) is 24.0 Å². The summed E-state index contributed by atoms with van der Waals surface area (Å²) in [5.74, 6) is 0.470. The van der Waals surface area contributed by atoms with Crippen molar-refractivity contribution in [2.24, 2.45) is 5.73 Å². The number of aromatic carboxylic acids is 1. The molecule has 1 atom stereocenters. The van der Waals surface area contributed by atoms with Crippen LogP contribution in [0.3, 0.4) is 0 Å². The normalized spacial score (nSPS) is 11.5. The number of hydrogen-bond acceptors (Lipinski definition) is 4. The Kier molecular flexibility index (Phi) is 9.47. The zero-order valence-electron chi connectivity index (χ0n) is 10.6. The van der Waals surface area contributed by atoms with Crippen LogP contribution in [0.15, 0.2) is 24.3 Å². The van der Waals surface area contributed by atoms with E-state index in [1.54, 1.807) is 12.1 Å². The summed E-state index contributed by atoms with van der Waals surface area (Å²) in [6, 6.07) is 6.57. The van der Waals surface area contributed by atoms with Gasteiger partial charge in [0.1, 0.15) is 5.75 Å². The second-order valence-electron chi connectivity index (χ2n) is 4.12. The number of benzene rings is 1. The Bertz CT molecular complexity index is 373. The largest absolute Gasteiger partial charge is 0.494 e. The Morgan fingerprint density at radius 1 is 1.32 bits per heavy atom. The van der Waals surface area contributed by atoms with Crippen LogP contribution in [-0.4, -0.2) is 29.5 Å².